The summed E-state index contributed by atoms with van der Waals surface area (Å²) < 4.78 is 18.7. The number of halogens is 2. The minimum atomic E-state index is -0.821. The van der Waals surface area contributed by atoms with Gasteiger partial charge < -0.3 is 14.7 Å². The predicted octanol–water partition coefficient (Wildman–Crippen LogP) is 3.62. The van der Waals surface area contributed by atoms with Gasteiger partial charge in [-0.15, -0.1) is 0 Å². The van der Waals surface area contributed by atoms with Crippen molar-refractivity contribution in [1.82, 2.24) is 9.80 Å². The number of rotatable bonds is 6. The highest BCUT2D eigenvalue weighted by Crippen LogP contribution is 2.41. The molecule has 1 atom stereocenters. The lowest BCUT2D eigenvalue weighted by atomic mass is 9.95. The van der Waals surface area contributed by atoms with Crippen molar-refractivity contribution in [2.75, 3.05) is 39.4 Å². The number of benzene rings is 2. The monoisotopic (exact) mass is 458 g/mol. The molecule has 0 bridgehead atoms. The van der Waals surface area contributed by atoms with E-state index in [0.29, 0.717) is 36.8 Å². The van der Waals surface area contributed by atoms with Gasteiger partial charge in [0.15, 0.2) is 0 Å². The highest BCUT2D eigenvalue weighted by atomic mass is 35.5. The lowest BCUT2D eigenvalue weighted by Gasteiger charge is -2.29. The van der Waals surface area contributed by atoms with Crippen LogP contribution in [-0.2, 0) is 14.3 Å². The molecule has 0 unspecified atom stereocenters. The van der Waals surface area contributed by atoms with Gasteiger partial charge in [-0.25, -0.2) is 4.39 Å². The molecule has 1 amide bonds. The van der Waals surface area contributed by atoms with Crippen LogP contribution in [0.15, 0.2) is 54.1 Å². The summed E-state index contributed by atoms with van der Waals surface area (Å²) in [6.45, 7) is 4.12. The number of amides is 1. The molecule has 2 aromatic rings. The maximum atomic E-state index is 13.4. The van der Waals surface area contributed by atoms with Gasteiger partial charge in [0.25, 0.3) is 11.7 Å². The Balaban J connectivity index is 1.68. The molecule has 6 nitrogen and oxygen atoms in total. The third-order valence-corrected chi connectivity index (χ3v) is 6.18. The fourth-order valence-electron chi connectivity index (χ4n) is 4.18. The molecule has 2 aromatic carbocycles. The van der Waals surface area contributed by atoms with Gasteiger partial charge in [0.2, 0.25) is 0 Å². The lowest BCUT2D eigenvalue weighted by molar-refractivity contribution is -0.140. The van der Waals surface area contributed by atoms with Gasteiger partial charge in [-0.1, -0.05) is 29.8 Å². The van der Waals surface area contributed by atoms with Crippen molar-refractivity contribution in [3.05, 3.63) is 76.1 Å². The molecule has 4 rings (SSSR count). The highest BCUT2D eigenvalue weighted by molar-refractivity contribution is 6.47. The number of ether oxygens (including phenoxy) is 1. The van der Waals surface area contributed by atoms with Crippen LogP contribution < -0.4 is 0 Å². The molecule has 0 aromatic heterocycles. The molecule has 0 aliphatic carbocycles. The normalized spacial score (nSPS) is 21.3. The van der Waals surface area contributed by atoms with Crippen molar-refractivity contribution in [3.8, 4) is 0 Å². The van der Waals surface area contributed by atoms with Gasteiger partial charge in [-0.3, -0.25) is 14.5 Å². The zero-order valence-corrected chi connectivity index (χ0v) is 18.2. The van der Waals surface area contributed by atoms with Gasteiger partial charge in [0.1, 0.15) is 11.6 Å². The van der Waals surface area contributed by atoms with Crippen LogP contribution in [0.4, 0.5) is 4.39 Å². The number of carbonyl (C=O) groups is 2. The lowest BCUT2D eigenvalue weighted by Crippen LogP contribution is -2.39. The number of ketones is 1. The summed E-state index contributed by atoms with van der Waals surface area (Å²) >= 11 is 6.43. The molecule has 2 saturated heterocycles. The first-order chi connectivity index (χ1) is 15.5. The fraction of sp³-hybridized carbons (Fsp3) is 0.333. The first kappa shape index (κ1) is 22.5. The summed E-state index contributed by atoms with van der Waals surface area (Å²) in [6.07, 6.45) is 0.657. The van der Waals surface area contributed by atoms with E-state index in [-0.39, 0.29) is 16.9 Å². The van der Waals surface area contributed by atoms with Crippen LogP contribution in [-0.4, -0.2) is 66.0 Å². The van der Waals surface area contributed by atoms with E-state index in [1.165, 1.54) is 29.2 Å². The Labute approximate surface area is 190 Å². The van der Waals surface area contributed by atoms with Gasteiger partial charge in [-0.2, -0.15) is 0 Å². The SMILES string of the molecule is O=C1C(=O)N(CCCN2CCOCC2)[C@@H](c2ccccc2Cl)C1=C(O)c1ccc(F)cc1. The Morgan fingerprint density at radius 2 is 1.75 bits per heavy atom. The van der Waals surface area contributed by atoms with E-state index in [1.807, 2.05) is 0 Å². The molecule has 0 radical (unpaired) electrons. The summed E-state index contributed by atoms with van der Waals surface area (Å²) in [6, 6.07) is 11.3. The molecule has 2 aliphatic rings. The van der Waals surface area contributed by atoms with E-state index in [0.717, 1.165) is 19.6 Å². The van der Waals surface area contributed by atoms with E-state index in [9.17, 15) is 19.1 Å². The van der Waals surface area contributed by atoms with Gasteiger partial charge in [-0.05, 0) is 42.3 Å². The van der Waals surface area contributed by atoms with E-state index in [2.05, 4.69) is 4.90 Å². The largest absolute Gasteiger partial charge is 0.507 e. The third kappa shape index (κ3) is 4.55. The Kier molecular flexibility index (Phi) is 6.89. The summed E-state index contributed by atoms with van der Waals surface area (Å²) in [7, 11) is 0. The second-order valence-electron chi connectivity index (χ2n) is 7.83. The number of carbonyl (C=O) groups excluding carboxylic acids is 2. The molecular weight excluding hydrogens is 435 g/mol. The average molecular weight is 459 g/mol. The first-order valence-electron chi connectivity index (χ1n) is 10.6. The smallest absolute Gasteiger partial charge is 0.295 e. The zero-order chi connectivity index (χ0) is 22.7. The van der Waals surface area contributed by atoms with Crippen molar-refractivity contribution in [2.45, 2.75) is 12.5 Å². The predicted molar refractivity (Wildman–Crippen MR) is 119 cm³/mol. The molecule has 168 valence electrons. The summed E-state index contributed by atoms with van der Waals surface area (Å²) in [5.41, 5.74) is 0.777. The van der Waals surface area contributed by atoms with Gasteiger partial charge in [0.05, 0.1) is 24.8 Å². The molecule has 2 fully saturated rings. The van der Waals surface area contributed by atoms with Crippen molar-refractivity contribution in [1.29, 1.82) is 0 Å². The minimum absolute atomic E-state index is 0.0407. The maximum absolute atomic E-state index is 13.4. The van der Waals surface area contributed by atoms with E-state index in [4.69, 9.17) is 16.3 Å². The van der Waals surface area contributed by atoms with Crippen molar-refractivity contribution >= 4 is 29.1 Å². The fourth-order valence-corrected chi connectivity index (χ4v) is 4.42. The third-order valence-electron chi connectivity index (χ3n) is 5.83. The number of hydrogen-bond donors (Lipinski definition) is 1. The number of morpholine rings is 1. The van der Waals surface area contributed by atoms with Gasteiger partial charge in [0, 0.05) is 36.8 Å². The van der Waals surface area contributed by atoms with Gasteiger partial charge >= 0.3 is 0 Å². The summed E-state index contributed by atoms with van der Waals surface area (Å²) in [4.78, 5) is 29.7. The van der Waals surface area contributed by atoms with Crippen LogP contribution in [0.3, 0.4) is 0 Å². The Hall–Kier alpha value is -2.74. The van der Waals surface area contributed by atoms with Crippen molar-refractivity contribution < 1.29 is 23.8 Å². The van der Waals surface area contributed by atoms with Crippen molar-refractivity contribution in [2.24, 2.45) is 0 Å². The topological polar surface area (TPSA) is 70.1 Å². The molecule has 32 heavy (non-hydrogen) atoms. The standard InChI is InChI=1S/C24H24ClFN2O4/c25-19-5-2-1-4-18(19)21-20(22(29)16-6-8-17(26)9-7-16)23(30)24(31)28(21)11-3-10-27-12-14-32-15-13-27/h1-2,4-9,21,29H,3,10-15H2/t21-/m0/s1. The second kappa shape index (κ2) is 9.81. The van der Waals surface area contributed by atoms with Crippen LogP contribution >= 0.6 is 11.6 Å². The first-order valence-corrected chi connectivity index (χ1v) is 10.9. The molecule has 1 N–H and O–H groups in total. The van der Waals surface area contributed by atoms with E-state index >= 15 is 0 Å². The quantitative estimate of drug-likeness (QED) is 0.407. The number of aliphatic hydroxyl groups excluding tert-OH is 1. The molecular formula is C24H24ClFN2O4. The molecule has 2 aliphatic heterocycles. The van der Waals surface area contributed by atoms with E-state index in [1.54, 1.807) is 24.3 Å². The Bertz CT molecular complexity index is 1030. The molecule has 8 heteroatoms. The van der Waals surface area contributed by atoms with Crippen molar-refractivity contribution in [3.63, 3.8) is 0 Å². The van der Waals surface area contributed by atoms with Crippen LogP contribution in [0.25, 0.3) is 5.76 Å². The zero-order valence-electron chi connectivity index (χ0n) is 17.5. The highest BCUT2D eigenvalue weighted by Gasteiger charge is 2.46. The van der Waals surface area contributed by atoms with Crippen LogP contribution in [0.2, 0.25) is 5.02 Å². The number of likely N-dealkylation sites (tertiary alicyclic amines) is 1. The summed E-state index contributed by atoms with van der Waals surface area (Å²) in [5.74, 6) is -2.26. The number of aliphatic hydroxyl groups is 1. The summed E-state index contributed by atoms with van der Waals surface area (Å²) in [5, 5.41) is 11.4. The molecule has 2 heterocycles. The number of nitrogens with zero attached hydrogens (tertiary/aromatic N) is 2. The Morgan fingerprint density at radius 3 is 2.44 bits per heavy atom. The average Bonchev–Trinajstić information content (AvgIpc) is 3.05. The Morgan fingerprint density at radius 1 is 1.06 bits per heavy atom. The molecule has 0 saturated carbocycles. The minimum Gasteiger partial charge on any atom is -0.507 e. The number of hydrogen-bond acceptors (Lipinski definition) is 5. The maximum Gasteiger partial charge on any atom is 0.295 e. The second-order valence-corrected chi connectivity index (χ2v) is 8.24. The number of Topliss-reactive ketones (excluding diaryl/α,β-unsaturated/α-hetero) is 1. The van der Waals surface area contributed by atoms with Crippen LogP contribution in [0.1, 0.15) is 23.6 Å². The van der Waals surface area contributed by atoms with Crippen LogP contribution in [0, 0.1) is 5.82 Å². The van der Waals surface area contributed by atoms with Crippen LogP contribution in [0.5, 0.6) is 0 Å². The molecule has 0 spiro atoms. The van der Waals surface area contributed by atoms with E-state index < -0.39 is 23.5 Å².